The van der Waals surface area contributed by atoms with Gasteiger partial charge in [0, 0.05) is 18.3 Å². The minimum atomic E-state index is -0.679. The van der Waals surface area contributed by atoms with Gasteiger partial charge in [-0.25, -0.2) is 0 Å². The summed E-state index contributed by atoms with van der Waals surface area (Å²) in [5.41, 5.74) is 1.43. The van der Waals surface area contributed by atoms with E-state index in [1.54, 1.807) is 0 Å². The van der Waals surface area contributed by atoms with E-state index in [2.05, 4.69) is 26.8 Å². The third-order valence-corrected chi connectivity index (χ3v) is 9.75. The van der Waals surface area contributed by atoms with Crippen LogP contribution in [0.2, 0.25) is 0 Å². The van der Waals surface area contributed by atoms with Crippen LogP contribution in [-0.4, -0.2) is 33.5 Å². The van der Waals surface area contributed by atoms with Crippen LogP contribution >= 0.6 is 0 Å². The van der Waals surface area contributed by atoms with E-state index >= 15 is 0 Å². The molecule has 4 aliphatic carbocycles. The highest BCUT2D eigenvalue weighted by molar-refractivity contribution is 5.66. The first-order chi connectivity index (χ1) is 13.2. The summed E-state index contributed by atoms with van der Waals surface area (Å²) in [6.45, 7) is 7.00. The van der Waals surface area contributed by atoms with Crippen LogP contribution in [0.5, 0.6) is 0 Å². The van der Waals surface area contributed by atoms with Gasteiger partial charge in [0.1, 0.15) is 0 Å². The summed E-state index contributed by atoms with van der Waals surface area (Å²) in [5.74, 6) is 2.21. The van der Waals surface area contributed by atoms with Crippen LogP contribution in [0.3, 0.4) is 0 Å². The molecule has 0 amide bonds. The van der Waals surface area contributed by atoms with Gasteiger partial charge in [-0.1, -0.05) is 32.4 Å². The maximum Gasteiger partial charge on any atom is 0.303 e. The molecule has 0 aromatic heterocycles. The van der Waals surface area contributed by atoms with Crippen molar-refractivity contribution >= 4 is 5.97 Å². The highest BCUT2D eigenvalue weighted by atomic mass is 16.4. The largest absolute Gasteiger partial charge is 0.481 e. The lowest BCUT2D eigenvalue weighted by Gasteiger charge is -2.59. The molecule has 4 rings (SSSR count). The summed E-state index contributed by atoms with van der Waals surface area (Å²) >= 11 is 0. The molecule has 4 aliphatic rings. The van der Waals surface area contributed by atoms with Gasteiger partial charge in [-0.2, -0.15) is 0 Å². The van der Waals surface area contributed by atoms with Crippen molar-refractivity contribution in [2.24, 2.45) is 40.4 Å². The zero-order chi connectivity index (χ0) is 20.3. The molecule has 3 N–H and O–H groups in total. The van der Waals surface area contributed by atoms with Crippen LogP contribution in [0, 0.1) is 40.4 Å². The van der Waals surface area contributed by atoms with Crippen LogP contribution in [0.4, 0.5) is 0 Å². The van der Waals surface area contributed by atoms with Crippen molar-refractivity contribution in [1.82, 2.24) is 0 Å². The van der Waals surface area contributed by atoms with Gasteiger partial charge in [-0.15, -0.1) is 0 Å². The molecule has 0 heterocycles. The van der Waals surface area contributed by atoms with Crippen LogP contribution in [-0.2, 0) is 4.79 Å². The van der Waals surface area contributed by atoms with E-state index in [4.69, 9.17) is 5.11 Å². The smallest absolute Gasteiger partial charge is 0.303 e. The third kappa shape index (κ3) is 2.98. The van der Waals surface area contributed by atoms with Crippen molar-refractivity contribution in [2.75, 3.05) is 0 Å². The lowest BCUT2D eigenvalue weighted by Crippen LogP contribution is -2.55. The quantitative estimate of drug-likeness (QED) is 0.622. The maximum absolute atomic E-state index is 11.0. The first-order valence-corrected chi connectivity index (χ1v) is 11.4. The standard InChI is InChI=1S/C24H38O4/c1-14(4-9-22(27)28)18-7-8-19-17-6-5-15-12-16(25)13-21(26)24(15,3)20(17)10-11-23(18,19)2/h5,14,16-21,25-26H,4,6-13H2,1-3H3,(H,27,28)/t14-,16-,17+,18-,19+,20+,21+,23-,24+/m1/s1. The Labute approximate surface area is 169 Å². The second-order valence-corrected chi connectivity index (χ2v) is 10.9. The van der Waals surface area contributed by atoms with E-state index in [0.29, 0.717) is 41.4 Å². The van der Waals surface area contributed by atoms with Crippen molar-refractivity contribution in [3.63, 3.8) is 0 Å². The van der Waals surface area contributed by atoms with Crippen molar-refractivity contribution in [3.05, 3.63) is 11.6 Å². The minimum absolute atomic E-state index is 0.170. The first-order valence-electron chi connectivity index (χ1n) is 11.4. The van der Waals surface area contributed by atoms with Crippen LogP contribution < -0.4 is 0 Å². The summed E-state index contributed by atoms with van der Waals surface area (Å²) in [4.78, 5) is 11.0. The van der Waals surface area contributed by atoms with Crippen LogP contribution in [0.25, 0.3) is 0 Å². The summed E-state index contributed by atoms with van der Waals surface area (Å²) in [5, 5.41) is 30.2. The van der Waals surface area contributed by atoms with Gasteiger partial charge in [-0.05, 0) is 80.0 Å². The average molecular weight is 391 g/mol. The molecule has 0 aliphatic heterocycles. The molecular formula is C24H38O4. The lowest BCUT2D eigenvalue weighted by atomic mass is 9.46. The predicted octanol–water partition coefficient (Wildman–Crippen LogP) is 4.40. The molecule has 158 valence electrons. The fraction of sp³-hybridized carbons (Fsp3) is 0.875. The number of hydrogen-bond acceptors (Lipinski definition) is 3. The van der Waals surface area contributed by atoms with Crippen LogP contribution in [0.1, 0.15) is 78.6 Å². The van der Waals surface area contributed by atoms with Gasteiger partial charge >= 0.3 is 5.97 Å². The summed E-state index contributed by atoms with van der Waals surface area (Å²) in [6.07, 6.45) is 9.74. The minimum Gasteiger partial charge on any atom is -0.481 e. The molecule has 3 fully saturated rings. The Morgan fingerprint density at radius 3 is 2.68 bits per heavy atom. The fourth-order valence-electron chi connectivity index (χ4n) is 8.23. The van der Waals surface area contributed by atoms with Gasteiger partial charge in [0.25, 0.3) is 0 Å². The molecule has 9 atom stereocenters. The summed E-state index contributed by atoms with van der Waals surface area (Å²) in [7, 11) is 0. The highest BCUT2D eigenvalue weighted by Gasteiger charge is 2.60. The lowest BCUT2D eigenvalue weighted by molar-refractivity contribution is -0.137. The zero-order valence-electron chi connectivity index (χ0n) is 17.7. The normalized spacial score (nSPS) is 48.8. The number of aliphatic hydroxyl groups excluding tert-OH is 2. The Bertz CT molecular complexity index is 657. The number of allylic oxidation sites excluding steroid dienone is 1. The molecule has 4 nitrogen and oxygen atoms in total. The van der Waals surface area contributed by atoms with Crippen molar-refractivity contribution in [1.29, 1.82) is 0 Å². The topological polar surface area (TPSA) is 77.8 Å². The number of hydrogen-bond donors (Lipinski definition) is 3. The van der Waals surface area contributed by atoms with Gasteiger partial charge in [0.15, 0.2) is 0 Å². The molecule has 4 heteroatoms. The molecule has 0 aromatic rings. The monoisotopic (exact) mass is 390 g/mol. The van der Waals surface area contributed by atoms with E-state index in [0.717, 1.165) is 25.7 Å². The van der Waals surface area contributed by atoms with E-state index < -0.39 is 18.2 Å². The Morgan fingerprint density at radius 2 is 1.96 bits per heavy atom. The Kier molecular flexibility index (Phi) is 5.19. The number of aliphatic carboxylic acids is 1. The van der Waals surface area contributed by atoms with Crippen molar-refractivity contribution < 1.29 is 20.1 Å². The summed E-state index contributed by atoms with van der Waals surface area (Å²) in [6, 6.07) is 0. The number of carbonyl (C=O) groups is 1. The number of carboxylic acid groups (broad SMARTS) is 1. The molecule has 0 saturated heterocycles. The van der Waals surface area contributed by atoms with Crippen molar-refractivity contribution in [2.45, 2.75) is 90.8 Å². The molecule has 0 unspecified atom stereocenters. The predicted molar refractivity (Wildman–Crippen MR) is 109 cm³/mol. The van der Waals surface area contributed by atoms with E-state index in [9.17, 15) is 15.0 Å². The van der Waals surface area contributed by atoms with Crippen molar-refractivity contribution in [3.8, 4) is 0 Å². The van der Waals surface area contributed by atoms with Crippen LogP contribution in [0.15, 0.2) is 11.6 Å². The number of fused-ring (bicyclic) bond motifs is 5. The number of carboxylic acids is 1. The molecular weight excluding hydrogens is 352 g/mol. The number of aliphatic hydroxyl groups is 2. The molecule has 3 saturated carbocycles. The van der Waals surface area contributed by atoms with E-state index in [1.807, 2.05) is 0 Å². The van der Waals surface area contributed by atoms with Gasteiger partial charge in [0.2, 0.25) is 0 Å². The Balaban J connectivity index is 1.57. The summed E-state index contributed by atoms with van der Waals surface area (Å²) < 4.78 is 0. The first kappa shape index (κ1) is 20.4. The molecule has 0 spiro atoms. The molecule has 28 heavy (non-hydrogen) atoms. The third-order valence-electron chi connectivity index (χ3n) is 9.75. The Hall–Kier alpha value is -0.870. The van der Waals surface area contributed by atoms with E-state index in [-0.39, 0.29) is 11.8 Å². The maximum atomic E-state index is 11.0. The zero-order valence-corrected chi connectivity index (χ0v) is 17.7. The second-order valence-electron chi connectivity index (χ2n) is 10.9. The highest BCUT2D eigenvalue weighted by Crippen LogP contribution is 2.67. The molecule has 0 bridgehead atoms. The Morgan fingerprint density at radius 1 is 1.21 bits per heavy atom. The van der Waals surface area contributed by atoms with Gasteiger partial charge < -0.3 is 15.3 Å². The second kappa shape index (κ2) is 7.12. The molecule has 0 aromatic carbocycles. The van der Waals surface area contributed by atoms with E-state index in [1.165, 1.54) is 24.8 Å². The number of rotatable bonds is 4. The van der Waals surface area contributed by atoms with Gasteiger partial charge in [-0.3, -0.25) is 4.79 Å². The SMILES string of the molecule is C[C@H](CCC(=O)O)[C@H]1CC[C@H]2[C@@H]3CC=C4C[C@@H](O)C[C@H](O)[C@]4(C)[C@H]3CC[C@]12C. The van der Waals surface area contributed by atoms with Gasteiger partial charge in [0.05, 0.1) is 12.2 Å². The average Bonchev–Trinajstić information content (AvgIpc) is 2.98. The molecule has 0 radical (unpaired) electrons. The fourth-order valence-corrected chi connectivity index (χ4v) is 8.23.